The molecule has 9 heteroatoms. The molecule has 0 atom stereocenters. The fourth-order valence-corrected chi connectivity index (χ4v) is 2.44. The van der Waals surface area contributed by atoms with Gasteiger partial charge < -0.3 is 9.88 Å². The number of aryl methyl sites for hydroxylation is 1. The van der Waals surface area contributed by atoms with Crippen molar-refractivity contribution < 1.29 is 14.1 Å². The lowest BCUT2D eigenvalue weighted by atomic mass is 10.1. The van der Waals surface area contributed by atoms with Gasteiger partial charge in [-0.25, -0.2) is 4.39 Å². The molecule has 0 spiro atoms. The molecular weight excluding hydrogens is 305 g/mol. The molecule has 1 heterocycles. The van der Waals surface area contributed by atoms with Crippen LogP contribution in [0.4, 0.5) is 10.1 Å². The van der Waals surface area contributed by atoms with Crippen molar-refractivity contribution in [3.05, 3.63) is 51.3 Å². The van der Waals surface area contributed by atoms with E-state index in [0.29, 0.717) is 11.9 Å². The molecule has 0 unspecified atom stereocenters. The van der Waals surface area contributed by atoms with Gasteiger partial charge in [0.2, 0.25) is 0 Å². The number of nitrogens with zero attached hydrogens (tertiary/aromatic N) is 4. The second-order valence-corrected chi connectivity index (χ2v) is 5.37. The minimum Gasteiger partial charge on any atom is -0.345 e. The van der Waals surface area contributed by atoms with E-state index in [0.717, 1.165) is 36.9 Å². The first-order valence-electron chi connectivity index (χ1n) is 7.10. The predicted molar refractivity (Wildman–Crippen MR) is 77.3 cm³/mol. The number of carbonyl (C=O) groups is 1. The smallest absolute Gasteiger partial charge is 0.285 e. The molecule has 1 N–H and O–H groups in total. The monoisotopic (exact) mass is 319 g/mol. The maximum Gasteiger partial charge on any atom is 0.285 e. The van der Waals surface area contributed by atoms with E-state index in [2.05, 4.69) is 15.5 Å². The van der Waals surface area contributed by atoms with Crippen LogP contribution in [0, 0.1) is 22.9 Å². The van der Waals surface area contributed by atoms with Crippen LogP contribution in [0.5, 0.6) is 0 Å². The van der Waals surface area contributed by atoms with E-state index in [-0.39, 0.29) is 12.1 Å². The molecule has 0 bridgehead atoms. The molecule has 2 aromatic rings. The number of carbonyl (C=O) groups excluding carboxylic acids is 1. The molecule has 1 aromatic heterocycles. The quantitative estimate of drug-likeness (QED) is 0.669. The zero-order valence-electron chi connectivity index (χ0n) is 12.3. The number of hydrogen-bond donors (Lipinski definition) is 1. The van der Waals surface area contributed by atoms with Gasteiger partial charge in [-0.05, 0) is 31.9 Å². The van der Waals surface area contributed by atoms with Crippen molar-refractivity contribution in [2.75, 3.05) is 0 Å². The normalized spacial score (nSPS) is 13.8. The van der Waals surface area contributed by atoms with E-state index in [1.807, 2.05) is 11.5 Å². The number of halogens is 1. The van der Waals surface area contributed by atoms with E-state index < -0.39 is 22.3 Å². The summed E-state index contributed by atoms with van der Waals surface area (Å²) in [6.07, 6.45) is 2.09. The van der Waals surface area contributed by atoms with Crippen LogP contribution in [-0.4, -0.2) is 25.6 Å². The molecule has 1 amide bonds. The van der Waals surface area contributed by atoms with Crippen LogP contribution in [0.15, 0.2) is 18.2 Å². The Bertz CT molecular complexity index is 785. The van der Waals surface area contributed by atoms with Gasteiger partial charge in [0, 0.05) is 6.04 Å². The van der Waals surface area contributed by atoms with Crippen LogP contribution in [-0.2, 0) is 6.54 Å². The number of hydrogen-bond acceptors (Lipinski definition) is 5. The molecule has 1 saturated carbocycles. The Labute approximate surface area is 130 Å². The van der Waals surface area contributed by atoms with Gasteiger partial charge in [0.15, 0.2) is 5.82 Å². The maximum absolute atomic E-state index is 13.1. The summed E-state index contributed by atoms with van der Waals surface area (Å²) in [5, 5.41) is 21.5. The van der Waals surface area contributed by atoms with Crippen molar-refractivity contribution in [1.82, 2.24) is 20.1 Å². The highest BCUT2D eigenvalue weighted by Crippen LogP contribution is 2.36. The summed E-state index contributed by atoms with van der Waals surface area (Å²) < 4.78 is 15.1. The van der Waals surface area contributed by atoms with Gasteiger partial charge in [-0.2, -0.15) is 0 Å². The highest BCUT2D eigenvalue weighted by atomic mass is 19.1. The summed E-state index contributed by atoms with van der Waals surface area (Å²) in [6, 6.07) is 3.20. The fraction of sp³-hybridized carbons (Fsp3) is 0.357. The predicted octanol–water partition coefficient (Wildman–Crippen LogP) is 1.90. The molecule has 3 rings (SSSR count). The first-order chi connectivity index (χ1) is 11.0. The van der Waals surface area contributed by atoms with E-state index in [1.165, 1.54) is 0 Å². The van der Waals surface area contributed by atoms with E-state index >= 15 is 0 Å². The summed E-state index contributed by atoms with van der Waals surface area (Å²) in [5.41, 5.74) is -0.757. The second kappa shape index (κ2) is 5.75. The van der Waals surface area contributed by atoms with Crippen LogP contribution < -0.4 is 5.32 Å². The third-order valence-corrected chi connectivity index (χ3v) is 3.66. The lowest BCUT2D eigenvalue weighted by Gasteiger charge is -2.08. The Morgan fingerprint density at radius 2 is 2.22 bits per heavy atom. The van der Waals surface area contributed by atoms with E-state index in [1.54, 1.807) is 0 Å². The highest BCUT2D eigenvalue weighted by Gasteiger charge is 2.28. The number of benzene rings is 1. The Morgan fingerprint density at radius 3 is 2.87 bits per heavy atom. The summed E-state index contributed by atoms with van der Waals surface area (Å²) >= 11 is 0. The average molecular weight is 319 g/mol. The number of amides is 1. The Balaban J connectivity index is 1.77. The first kappa shape index (κ1) is 15.1. The van der Waals surface area contributed by atoms with Crippen molar-refractivity contribution in [3.63, 3.8) is 0 Å². The van der Waals surface area contributed by atoms with Gasteiger partial charge in [-0.1, -0.05) is 0 Å². The van der Waals surface area contributed by atoms with E-state index in [4.69, 9.17) is 0 Å². The van der Waals surface area contributed by atoms with Crippen LogP contribution in [0.3, 0.4) is 0 Å². The molecule has 8 nitrogen and oxygen atoms in total. The summed E-state index contributed by atoms with van der Waals surface area (Å²) in [5.74, 6) is -0.0512. The zero-order chi connectivity index (χ0) is 16.6. The minimum atomic E-state index is -0.783. The number of nitrogens with one attached hydrogen (secondary N) is 1. The largest absolute Gasteiger partial charge is 0.345 e. The number of rotatable bonds is 5. The standard InChI is InChI=1S/C14H14FN5O3/c1-8-17-18-13(19(8)10-3-4-10)7-16-14(21)11-5-2-9(15)6-12(11)20(22)23/h2,5-6,10H,3-4,7H2,1H3,(H,16,21). The van der Waals surface area contributed by atoms with Crippen molar-refractivity contribution in [1.29, 1.82) is 0 Å². The summed E-state index contributed by atoms with van der Waals surface area (Å²) in [6.45, 7) is 1.94. The van der Waals surface area contributed by atoms with Crippen LogP contribution in [0.25, 0.3) is 0 Å². The molecule has 0 saturated heterocycles. The molecule has 120 valence electrons. The third-order valence-electron chi connectivity index (χ3n) is 3.66. The zero-order valence-corrected chi connectivity index (χ0v) is 12.3. The molecule has 23 heavy (non-hydrogen) atoms. The topological polar surface area (TPSA) is 103 Å². The molecule has 1 aliphatic carbocycles. The number of aromatic nitrogens is 3. The summed E-state index contributed by atoms with van der Waals surface area (Å²) in [4.78, 5) is 22.3. The van der Waals surface area contributed by atoms with Gasteiger partial charge in [-0.3, -0.25) is 14.9 Å². The van der Waals surface area contributed by atoms with Crippen molar-refractivity contribution in [2.45, 2.75) is 32.4 Å². The fourth-order valence-electron chi connectivity index (χ4n) is 2.44. The van der Waals surface area contributed by atoms with Gasteiger partial charge in [0.05, 0.1) is 17.5 Å². The first-order valence-corrected chi connectivity index (χ1v) is 7.10. The van der Waals surface area contributed by atoms with Crippen molar-refractivity contribution in [2.24, 2.45) is 0 Å². The Kier molecular flexibility index (Phi) is 3.77. The number of nitro groups is 1. The van der Waals surface area contributed by atoms with Crippen LogP contribution in [0.1, 0.15) is 40.9 Å². The van der Waals surface area contributed by atoms with Gasteiger partial charge in [0.25, 0.3) is 11.6 Å². The van der Waals surface area contributed by atoms with E-state index in [9.17, 15) is 19.3 Å². The van der Waals surface area contributed by atoms with Crippen LogP contribution >= 0.6 is 0 Å². The molecule has 0 radical (unpaired) electrons. The summed E-state index contributed by atoms with van der Waals surface area (Å²) in [7, 11) is 0. The van der Waals surface area contributed by atoms with Crippen LogP contribution in [0.2, 0.25) is 0 Å². The highest BCUT2D eigenvalue weighted by molar-refractivity contribution is 5.98. The number of nitro benzene ring substituents is 1. The molecule has 1 aliphatic rings. The SMILES string of the molecule is Cc1nnc(CNC(=O)c2ccc(F)cc2[N+](=O)[O-])n1C1CC1. The van der Waals surface area contributed by atoms with Crippen molar-refractivity contribution in [3.8, 4) is 0 Å². The van der Waals surface area contributed by atoms with Gasteiger partial charge in [0.1, 0.15) is 17.2 Å². The van der Waals surface area contributed by atoms with Crippen molar-refractivity contribution >= 4 is 11.6 Å². The average Bonchev–Trinajstić information content (AvgIpc) is 3.28. The Hall–Kier alpha value is -2.84. The second-order valence-electron chi connectivity index (χ2n) is 5.37. The molecule has 1 fully saturated rings. The minimum absolute atomic E-state index is 0.102. The molecule has 1 aromatic carbocycles. The maximum atomic E-state index is 13.1. The van der Waals surface area contributed by atoms with Gasteiger partial charge >= 0.3 is 0 Å². The van der Waals surface area contributed by atoms with Gasteiger partial charge in [-0.15, -0.1) is 10.2 Å². The Morgan fingerprint density at radius 1 is 1.48 bits per heavy atom. The lowest BCUT2D eigenvalue weighted by Crippen LogP contribution is -2.25. The third kappa shape index (κ3) is 3.03. The molecule has 0 aliphatic heterocycles. The molecular formula is C14H14FN5O3. The lowest BCUT2D eigenvalue weighted by molar-refractivity contribution is -0.385.